The molecule has 33 heavy (non-hydrogen) atoms. The lowest BCUT2D eigenvalue weighted by Gasteiger charge is -2.37. The number of benzene rings is 1. The Hall–Kier alpha value is -3.04. The van der Waals surface area contributed by atoms with Crippen molar-refractivity contribution in [2.45, 2.75) is 26.0 Å². The lowest BCUT2D eigenvalue weighted by Crippen LogP contribution is -2.50. The first-order chi connectivity index (χ1) is 15.7. The molecular formula is C24H30FN3O5. The number of likely N-dealkylation sites (N-methyl/N-ethyl adjacent to an activating group) is 1. The second-order valence-electron chi connectivity index (χ2n) is 8.41. The van der Waals surface area contributed by atoms with Crippen molar-refractivity contribution in [2.75, 3.05) is 40.5 Å². The molecule has 1 aromatic heterocycles. The van der Waals surface area contributed by atoms with Crippen LogP contribution in [0.5, 0.6) is 5.88 Å². The zero-order chi connectivity index (χ0) is 24.1. The molecule has 2 amide bonds. The molecular weight excluding hydrogens is 429 g/mol. The fourth-order valence-corrected chi connectivity index (χ4v) is 3.73. The number of aliphatic hydroxyl groups is 1. The number of amides is 2. The number of aliphatic hydroxyl groups excluding tert-OH is 1. The van der Waals surface area contributed by atoms with Crippen LogP contribution in [0, 0.1) is 11.7 Å². The van der Waals surface area contributed by atoms with Gasteiger partial charge in [-0.3, -0.25) is 9.59 Å². The van der Waals surface area contributed by atoms with Crippen LogP contribution in [0.4, 0.5) is 4.39 Å². The average molecular weight is 460 g/mol. The van der Waals surface area contributed by atoms with Crippen molar-refractivity contribution in [2.24, 2.45) is 5.92 Å². The lowest BCUT2D eigenvalue weighted by molar-refractivity contribution is -0.135. The molecule has 0 bridgehead atoms. The van der Waals surface area contributed by atoms with Crippen LogP contribution in [0.1, 0.15) is 24.2 Å². The van der Waals surface area contributed by atoms with E-state index in [9.17, 15) is 19.1 Å². The van der Waals surface area contributed by atoms with Gasteiger partial charge in [0.05, 0.1) is 19.2 Å². The summed E-state index contributed by atoms with van der Waals surface area (Å²) >= 11 is 0. The normalized spacial score (nSPS) is 19.2. The van der Waals surface area contributed by atoms with E-state index < -0.39 is 12.1 Å². The molecule has 8 nitrogen and oxygen atoms in total. The van der Waals surface area contributed by atoms with Crippen LogP contribution in [-0.2, 0) is 9.53 Å². The molecule has 0 radical (unpaired) electrons. The molecule has 3 rings (SSSR count). The maximum absolute atomic E-state index is 13.4. The first kappa shape index (κ1) is 24.6. The second kappa shape index (κ2) is 10.7. The minimum atomic E-state index is -0.444. The van der Waals surface area contributed by atoms with Crippen molar-refractivity contribution >= 4 is 11.8 Å². The SMILES string of the molecule is COCC(=O)N(C)C[C@@H]1Oc2ncc(-c3ccc(F)cc3)cc2C(=O)N([C@H](C)CO)C[C@@H]1C. The molecule has 3 atom stereocenters. The number of aromatic nitrogens is 1. The van der Waals surface area contributed by atoms with Gasteiger partial charge >= 0.3 is 0 Å². The van der Waals surface area contributed by atoms with E-state index in [1.165, 1.54) is 24.1 Å². The number of methoxy groups -OCH3 is 1. The van der Waals surface area contributed by atoms with Gasteiger partial charge in [-0.05, 0) is 30.7 Å². The predicted molar refractivity (Wildman–Crippen MR) is 120 cm³/mol. The molecule has 1 aromatic carbocycles. The highest BCUT2D eigenvalue weighted by molar-refractivity contribution is 5.98. The summed E-state index contributed by atoms with van der Waals surface area (Å²) in [6.45, 7) is 4.07. The van der Waals surface area contributed by atoms with Gasteiger partial charge in [-0.15, -0.1) is 0 Å². The summed E-state index contributed by atoms with van der Waals surface area (Å²) < 4.78 is 24.5. The highest BCUT2D eigenvalue weighted by Gasteiger charge is 2.34. The quantitative estimate of drug-likeness (QED) is 0.683. The molecule has 0 saturated carbocycles. The third kappa shape index (κ3) is 5.66. The summed E-state index contributed by atoms with van der Waals surface area (Å²) in [5.41, 5.74) is 1.60. The van der Waals surface area contributed by atoms with E-state index in [2.05, 4.69) is 4.98 Å². The molecule has 9 heteroatoms. The van der Waals surface area contributed by atoms with Crippen LogP contribution in [0.15, 0.2) is 36.5 Å². The van der Waals surface area contributed by atoms with Gasteiger partial charge < -0.3 is 24.4 Å². The van der Waals surface area contributed by atoms with Gasteiger partial charge in [-0.2, -0.15) is 0 Å². The lowest BCUT2D eigenvalue weighted by atomic mass is 9.99. The van der Waals surface area contributed by atoms with Gasteiger partial charge in [0.1, 0.15) is 24.1 Å². The van der Waals surface area contributed by atoms with Crippen LogP contribution >= 0.6 is 0 Å². The average Bonchev–Trinajstić information content (AvgIpc) is 2.81. The third-order valence-electron chi connectivity index (χ3n) is 5.85. The van der Waals surface area contributed by atoms with Gasteiger partial charge in [-0.1, -0.05) is 19.1 Å². The first-order valence-corrected chi connectivity index (χ1v) is 10.8. The maximum atomic E-state index is 13.4. The number of hydrogen-bond donors (Lipinski definition) is 1. The Balaban J connectivity index is 2.00. The fraction of sp³-hybridized carbons (Fsp3) is 0.458. The molecule has 178 valence electrons. The summed E-state index contributed by atoms with van der Waals surface area (Å²) in [7, 11) is 3.13. The Morgan fingerprint density at radius 3 is 2.70 bits per heavy atom. The molecule has 0 spiro atoms. The summed E-state index contributed by atoms with van der Waals surface area (Å²) in [5.74, 6) is -0.842. The number of nitrogens with zero attached hydrogens (tertiary/aromatic N) is 3. The van der Waals surface area contributed by atoms with Gasteiger partial charge in [-0.25, -0.2) is 9.37 Å². The second-order valence-corrected chi connectivity index (χ2v) is 8.41. The standard InChI is InChI=1S/C24H30FN3O5/c1-15-11-28(16(2)13-29)24(31)20-9-18(17-5-7-19(25)8-6-17)10-26-23(20)33-21(15)12-27(3)22(30)14-32-4/h5-10,15-16,21,29H,11-14H2,1-4H3/t15-,16+,21-/m0/s1. The van der Waals surface area contributed by atoms with E-state index in [4.69, 9.17) is 9.47 Å². The summed E-state index contributed by atoms with van der Waals surface area (Å²) in [6.07, 6.45) is 1.13. The number of pyridine rings is 1. The largest absolute Gasteiger partial charge is 0.472 e. The number of ether oxygens (including phenoxy) is 2. The van der Waals surface area contributed by atoms with Crippen molar-refractivity contribution in [1.29, 1.82) is 0 Å². The predicted octanol–water partition coefficient (Wildman–Crippen LogP) is 2.21. The number of carbonyl (C=O) groups excluding carboxylic acids is 2. The zero-order valence-corrected chi connectivity index (χ0v) is 19.3. The van der Waals surface area contributed by atoms with E-state index in [1.807, 2.05) is 6.92 Å². The maximum Gasteiger partial charge on any atom is 0.259 e. The van der Waals surface area contributed by atoms with Gasteiger partial charge in [0, 0.05) is 38.4 Å². The van der Waals surface area contributed by atoms with Crippen molar-refractivity contribution < 1.29 is 28.6 Å². The summed E-state index contributed by atoms with van der Waals surface area (Å²) in [4.78, 5) is 33.2. The Kier molecular flexibility index (Phi) is 7.99. The van der Waals surface area contributed by atoms with Crippen molar-refractivity contribution in [3.05, 3.63) is 47.9 Å². The van der Waals surface area contributed by atoms with Gasteiger partial charge in [0.2, 0.25) is 11.8 Å². The fourth-order valence-electron chi connectivity index (χ4n) is 3.73. The Morgan fingerprint density at radius 2 is 2.06 bits per heavy atom. The monoisotopic (exact) mass is 459 g/mol. The molecule has 2 aromatic rings. The van der Waals surface area contributed by atoms with Crippen LogP contribution in [0.3, 0.4) is 0 Å². The number of rotatable bonds is 7. The minimum Gasteiger partial charge on any atom is -0.472 e. The van der Waals surface area contributed by atoms with E-state index in [0.717, 1.165) is 0 Å². The van der Waals surface area contributed by atoms with Crippen molar-refractivity contribution in [1.82, 2.24) is 14.8 Å². The van der Waals surface area contributed by atoms with E-state index in [0.29, 0.717) is 17.7 Å². The Morgan fingerprint density at radius 1 is 1.36 bits per heavy atom. The van der Waals surface area contributed by atoms with Crippen molar-refractivity contribution in [3.8, 4) is 17.0 Å². The molecule has 2 heterocycles. The third-order valence-corrected chi connectivity index (χ3v) is 5.85. The van der Waals surface area contributed by atoms with Crippen LogP contribution in [0.2, 0.25) is 0 Å². The molecule has 1 aliphatic rings. The van der Waals surface area contributed by atoms with E-state index >= 15 is 0 Å². The number of hydrogen-bond acceptors (Lipinski definition) is 6. The summed E-state index contributed by atoms with van der Waals surface area (Å²) in [6, 6.07) is 7.16. The number of fused-ring (bicyclic) bond motifs is 1. The number of carbonyl (C=O) groups is 2. The number of halogens is 1. The Labute approximate surface area is 192 Å². The molecule has 0 saturated heterocycles. The highest BCUT2D eigenvalue weighted by atomic mass is 19.1. The summed E-state index contributed by atoms with van der Waals surface area (Å²) in [5, 5.41) is 9.76. The van der Waals surface area contributed by atoms with Crippen LogP contribution < -0.4 is 4.74 Å². The van der Waals surface area contributed by atoms with E-state index in [-0.39, 0.29) is 54.8 Å². The van der Waals surface area contributed by atoms with Gasteiger partial charge in [0.15, 0.2) is 0 Å². The molecule has 0 fully saturated rings. The Bertz CT molecular complexity index is 985. The smallest absolute Gasteiger partial charge is 0.259 e. The van der Waals surface area contributed by atoms with Crippen LogP contribution in [0.25, 0.3) is 11.1 Å². The first-order valence-electron chi connectivity index (χ1n) is 10.8. The molecule has 0 unspecified atom stereocenters. The minimum absolute atomic E-state index is 0.0420. The van der Waals surface area contributed by atoms with E-state index in [1.54, 1.807) is 43.3 Å². The van der Waals surface area contributed by atoms with Gasteiger partial charge in [0.25, 0.3) is 5.91 Å². The molecule has 0 aliphatic carbocycles. The van der Waals surface area contributed by atoms with Crippen LogP contribution in [-0.4, -0.2) is 84.3 Å². The highest BCUT2D eigenvalue weighted by Crippen LogP contribution is 2.30. The molecule has 1 N–H and O–H groups in total. The topological polar surface area (TPSA) is 92.2 Å². The molecule has 1 aliphatic heterocycles. The van der Waals surface area contributed by atoms with Crippen molar-refractivity contribution in [3.63, 3.8) is 0 Å². The zero-order valence-electron chi connectivity index (χ0n) is 19.3.